The molecule has 3 fully saturated rings. The second-order valence-corrected chi connectivity index (χ2v) is 14.5. The Hall–Kier alpha value is -4.45. The van der Waals surface area contributed by atoms with Crippen LogP contribution in [0.1, 0.15) is 87.7 Å². The van der Waals surface area contributed by atoms with Crippen LogP contribution in [0.3, 0.4) is 0 Å². The van der Waals surface area contributed by atoms with Gasteiger partial charge < -0.3 is 15.0 Å². The van der Waals surface area contributed by atoms with Gasteiger partial charge >= 0.3 is 6.09 Å². The smallest absolute Gasteiger partial charge is 0.410 e. The van der Waals surface area contributed by atoms with E-state index in [0.29, 0.717) is 47.9 Å². The van der Waals surface area contributed by atoms with Crippen LogP contribution in [0.25, 0.3) is 22.5 Å². The van der Waals surface area contributed by atoms with Gasteiger partial charge in [-0.25, -0.2) is 13.6 Å². The van der Waals surface area contributed by atoms with Crippen molar-refractivity contribution in [1.29, 1.82) is 0 Å². The zero-order valence-corrected chi connectivity index (χ0v) is 28.1. The quantitative estimate of drug-likeness (QED) is 0.230. The Morgan fingerprint density at radius 3 is 2.22 bits per heavy atom. The summed E-state index contributed by atoms with van der Waals surface area (Å²) in [6.45, 7) is 8.42. The molecule has 2 aliphatic heterocycles. The summed E-state index contributed by atoms with van der Waals surface area (Å²) in [4.78, 5) is 42.3. The summed E-state index contributed by atoms with van der Waals surface area (Å²) >= 11 is 0. The SMILES string of the molecule is CC(C)(C)OC(=O)N1CCC(c2ncc(F)cc2-c2cnccn2)C(CC2C[C@@H]2c2cnc(-c3cc(F)cnc3C3CCNCC3)cn2)C1. The third kappa shape index (κ3) is 7.59. The van der Waals surface area contributed by atoms with Gasteiger partial charge in [-0.1, -0.05) is 0 Å². The van der Waals surface area contributed by atoms with Gasteiger partial charge in [-0.15, -0.1) is 0 Å². The fourth-order valence-electron chi connectivity index (χ4n) is 7.52. The predicted octanol–water partition coefficient (Wildman–Crippen LogP) is 6.67. The summed E-state index contributed by atoms with van der Waals surface area (Å²) in [5.41, 5.74) is 4.46. The highest BCUT2D eigenvalue weighted by Crippen LogP contribution is 2.53. The Labute approximate surface area is 285 Å². The van der Waals surface area contributed by atoms with Gasteiger partial charge in [-0.2, -0.15) is 0 Å². The number of rotatable bonds is 7. The number of likely N-dealkylation sites (tertiary alicyclic amines) is 1. The Kier molecular flexibility index (Phi) is 9.32. The van der Waals surface area contributed by atoms with Crippen molar-refractivity contribution in [2.45, 2.75) is 76.2 Å². The van der Waals surface area contributed by atoms with Crippen molar-refractivity contribution in [3.8, 4) is 22.5 Å². The second-order valence-electron chi connectivity index (χ2n) is 14.5. The molecule has 10 nitrogen and oxygen atoms in total. The van der Waals surface area contributed by atoms with Crippen molar-refractivity contribution in [2.75, 3.05) is 26.2 Å². The van der Waals surface area contributed by atoms with Crippen LogP contribution in [-0.4, -0.2) is 72.7 Å². The molecule has 4 aromatic heterocycles. The van der Waals surface area contributed by atoms with Gasteiger partial charge in [0.2, 0.25) is 0 Å². The van der Waals surface area contributed by atoms with Gasteiger partial charge in [0, 0.05) is 60.6 Å². The molecule has 0 aromatic carbocycles. The molecular weight excluding hydrogens is 626 g/mol. The summed E-state index contributed by atoms with van der Waals surface area (Å²) < 4.78 is 34.6. The monoisotopic (exact) mass is 668 g/mol. The van der Waals surface area contributed by atoms with E-state index in [1.807, 2.05) is 27.0 Å². The molecule has 6 heterocycles. The Morgan fingerprint density at radius 1 is 0.837 bits per heavy atom. The van der Waals surface area contributed by atoms with Crippen LogP contribution in [0.4, 0.5) is 13.6 Å². The number of ether oxygens (including phenoxy) is 1. The number of pyridine rings is 2. The van der Waals surface area contributed by atoms with E-state index in [1.54, 1.807) is 29.7 Å². The first-order valence-corrected chi connectivity index (χ1v) is 17.2. The Bertz CT molecular complexity index is 1780. The van der Waals surface area contributed by atoms with Crippen LogP contribution in [0.15, 0.2) is 55.5 Å². The highest BCUT2D eigenvalue weighted by Gasteiger charge is 2.45. The van der Waals surface area contributed by atoms with E-state index in [-0.39, 0.29) is 35.6 Å². The molecule has 4 aromatic rings. The van der Waals surface area contributed by atoms with Gasteiger partial charge in [-0.05, 0) is 89.9 Å². The number of amides is 1. The molecule has 256 valence electrons. The van der Waals surface area contributed by atoms with Crippen molar-refractivity contribution >= 4 is 6.09 Å². The molecular formula is C37H42F2N8O2. The van der Waals surface area contributed by atoms with Crippen molar-refractivity contribution in [3.05, 3.63) is 84.2 Å². The number of hydrogen-bond acceptors (Lipinski definition) is 9. The second kappa shape index (κ2) is 13.8. The highest BCUT2D eigenvalue weighted by atomic mass is 19.1. The molecule has 49 heavy (non-hydrogen) atoms. The maximum atomic E-state index is 14.5. The van der Waals surface area contributed by atoms with E-state index in [0.717, 1.165) is 55.9 Å². The Morgan fingerprint density at radius 2 is 1.55 bits per heavy atom. The number of aromatic nitrogens is 6. The molecule has 7 rings (SSSR count). The molecule has 4 atom stereocenters. The maximum Gasteiger partial charge on any atom is 0.410 e. The zero-order chi connectivity index (χ0) is 34.1. The average molecular weight is 669 g/mol. The van der Waals surface area contributed by atoms with Crippen molar-refractivity contribution in [2.24, 2.45) is 11.8 Å². The summed E-state index contributed by atoms with van der Waals surface area (Å²) in [7, 11) is 0. The fraction of sp³-hybridized carbons (Fsp3) is 0.486. The lowest BCUT2D eigenvalue weighted by Crippen LogP contribution is -2.45. The zero-order valence-electron chi connectivity index (χ0n) is 28.1. The number of carbonyl (C=O) groups excluding carboxylic acids is 1. The number of nitrogens with zero attached hydrogens (tertiary/aromatic N) is 7. The van der Waals surface area contributed by atoms with Gasteiger partial charge in [0.05, 0.1) is 53.3 Å². The standard InChI is InChI=1S/C37H42F2N8O2/c1-37(2,3)49-36(48)47-11-6-27(35-30(15-26(39)17-46-35)31-18-41-9-10-42-31)24(21-47)12-23-13-28(23)32-19-44-33(20-43-32)29-14-25(38)16-45-34(29)22-4-7-40-8-5-22/h9-10,14-20,22-24,27-28,40H,4-8,11-13,21H2,1-3H3/t23?,24?,27?,28-/m0/s1. The van der Waals surface area contributed by atoms with Gasteiger partial charge in [0.15, 0.2) is 0 Å². The van der Waals surface area contributed by atoms with Gasteiger partial charge in [-0.3, -0.25) is 29.9 Å². The Balaban J connectivity index is 1.12. The third-order valence-corrected chi connectivity index (χ3v) is 9.93. The minimum Gasteiger partial charge on any atom is -0.444 e. The van der Waals surface area contributed by atoms with Crippen molar-refractivity contribution in [3.63, 3.8) is 0 Å². The summed E-state index contributed by atoms with van der Waals surface area (Å²) in [5.74, 6) is -0.0145. The maximum absolute atomic E-state index is 14.5. The molecule has 0 bridgehead atoms. The van der Waals surface area contributed by atoms with Crippen LogP contribution >= 0.6 is 0 Å². The largest absolute Gasteiger partial charge is 0.444 e. The first-order valence-electron chi connectivity index (χ1n) is 17.2. The molecule has 0 spiro atoms. The molecule has 1 aliphatic carbocycles. The molecule has 0 radical (unpaired) electrons. The van der Waals surface area contributed by atoms with Crippen LogP contribution in [0.5, 0.6) is 0 Å². The van der Waals surface area contributed by atoms with E-state index in [1.165, 1.54) is 24.5 Å². The predicted molar refractivity (Wildman–Crippen MR) is 179 cm³/mol. The van der Waals surface area contributed by atoms with E-state index in [2.05, 4.69) is 25.3 Å². The first kappa shape index (κ1) is 33.1. The number of piperidine rings is 2. The third-order valence-electron chi connectivity index (χ3n) is 9.93. The van der Waals surface area contributed by atoms with Crippen LogP contribution in [0, 0.1) is 23.5 Å². The number of carbonyl (C=O) groups is 1. The molecule has 3 aliphatic rings. The molecule has 1 N–H and O–H groups in total. The van der Waals surface area contributed by atoms with Crippen LogP contribution in [-0.2, 0) is 4.74 Å². The molecule has 1 saturated carbocycles. The topological polar surface area (TPSA) is 119 Å². The summed E-state index contributed by atoms with van der Waals surface area (Å²) in [6.07, 6.45) is 14.9. The van der Waals surface area contributed by atoms with E-state index < -0.39 is 11.4 Å². The number of nitrogens with one attached hydrogen (secondary N) is 1. The van der Waals surface area contributed by atoms with Crippen LogP contribution in [0.2, 0.25) is 0 Å². The minimum atomic E-state index is -0.608. The molecule has 3 unspecified atom stereocenters. The highest BCUT2D eigenvalue weighted by molar-refractivity contribution is 5.68. The average Bonchev–Trinajstić information content (AvgIpc) is 3.87. The van der Waals surface area contributed by atoms with Gasteiger partial charge in [0.1, 0.15) is 17.2 Å². The van der Waals surface area contributed by atoms with Gasteiger partial charge in [0.25, 0.3) is 0 Å². The molecule has 2 saturated heterocycles. The lowest BCUT2D eigenvalue weighted by atomic mass is 9.78. The summed E-state index contributed by atoms with van der Waals surface area (Å²) in [5, 5.41) is 3.38. The normalized spacial score (nSPS) is 22.9. The van der Waals surface area contributed by atoms with E-state index in [9.17, 15) is 13.6 Å². The molecule has 1 amide bonds. The van der Waals surface area contributed by atoms with E-state index >= 15 is 0 Å². The fourth-order valence-corrected chi connectivity index (χ4v) is 7.52. The summed E-state index contributed by atoms with van der Waals surface area (Å²) in [6, 6.07) is 3.00. The number of hydrogen-bond donors (Lipinski definition) is 1. The van der Waals surface area contributed by atoms with E-state index in [4.69, 9.17) is 14.7 Å². The minimum absolute atomic E-state index is 0.0279. The lowest BCUT2D eigenvalue weighted by molar-refractivity contribution is 0.0133. The first-order chi connectivity index (χ1) is 23.6. The molecule has 12 heteroatoms. The lowest BCUT2D eigenvalue weighted by Gasteiger charge is -2.39. The number of halogens is 2. The van der Waals surface area contributed by atoms with Crippen LogP contribution < -0.4 is 5.32 Å². The van der Waals surface area contributed by atoms with Crippen molar-refractivity contribution in [1.82, 2.24) is 40.1 Å². The van der Waals surface area contributed by atoms with Crippen molar-refractivity contribution < 1.29 is 18.3 Å².